The van der Waals surface area contributed by atoms with E-state index in [-0.39, 0.29) is 24.3 Å². The summed E-state index contributed by atoms with van der Waals surface area (Å²) in [6.07, 6.45) is -2.28. The van der Waals surface area contributed by atoms with Crippen molar-refractivity contribution in [2.75, 3.05) is 6.54 Å². The van der Waals surface area contributed by atoms with E-state index in [0.717, 1.165) is 5.56 Å². The van der Waals surface area contributed by atoms with E-state index in [1.165, 1.54) is 12.3 Å². The van der Waals surface area contributed by atoms with Gasteiger partial charge in [-0.2, -0.15) is 5.26 Å². The van der Waals surface area contributed by atoms with E-state index in [4.69, 9.17) is 10.00 Å². The van der Waals surface area contributed by atoms with Gasteiger partial charge in [0, 0.05) is 18.3 Å². The van der Waals surface area contributed by atoms with Crippen molar-refractivity contribution in [3.05, 3.63) is 69.6 Å². The SMILES string of the molecule is N#Cc1cc(C(O)C(O)CNC(=O)OCc2ccccc2)c[nH]c1=O. The number of amides is 1. The average molecular weight is 343 g/mol. The maximum atomic E-state index is 11.6. The van der Waals surface area contributed by atoms with E-state index in [2.05, 4.69) is 10.3 Å². The van der Waals surface area contributed by atoms with Crippen LogP contribution in [-0.2, 0) is 11.3 Å². The number of rotatable bonds is 6. The smallest absolute Gasteiger partial charge is 0.407 e. The Kier molecular flexibility index (Phi) is 6.28. The minimum absolute atomic E-state index is 0.0801. The van der Waals surface area contributed by atoms with Crippen LogP contribution in [0, 0.1) is 11.3 Å². The van der Waals surface area contributed by atoms with Crippen molar-refractivity contribution < 1.29 is 19.7 Å². The largest absolute Gasteiger partial charge is 0.445 e. The number of nitrogens with zero attached hydrogens (tertiary/aromatic N) is 1. The molecule has 0 saturated carbocycles. The summed E-state index contributed by atoms with van der Waals surface area (Å²) in [4.78, 5) is 25.2. The van der Waals surface area contributed by atoms with Crippen LogP contribution in [0.5, 0.6) is 0 Å². The van der Waals surface area contributed by atoms with Gasteiger partial charge in [-0.25, -0.2) is 4.79 Å². The topological polar surface area (TPSA) is 135 Å². The summed E-state index contributed by atoms with van der Waals surface area (Å²) in [6, 6.07) is 11.9. The van der Waals surface area contributed by atoms with E-state index >= 15 is 0 Å². The number of ether oxygens (including phenoxy) is 1. The maximum absolute atomic E-state index is 11.6. The number of nitrogens with one attached hydrogen (secondary N) is 2. The lowest BCUT2D eigenvalue weighted by atomic mass is 10.0. The molecule has 0 bridgehead atoms. The minimum atomic E-state index is -1.39. The summed E-state index contributed by atoms with van der Waals surface area (Å²) in [5.41, 5.74) is 0.202. The van der Waals surface area contributed by atoms with Crippen LogP contribution in [0.3, 0.4) is 0 Å². The fourth-order valence-corrected chi connectivity index (χ4v) is 2.05. The van der Waals surface area contributed by atoms with Crippen LogP contribution in [0.1, 0.15) is 22.8 Å². The molecule has 0 fully saturated rings. The molecule has 1 aromatic carbocycles. The number of aromatic nitrogens is 1. The molecule has 0 aliphatic rings. The zero-order valence-corrected chi connectivity index (χ0v) is 13.2. The van der Waals surface area contributed by atoms with E-state index in [9.17, 15) is 19.8 Å². The molecule has 2 unspecified atom stereocenters. The third kappa shape index (κ3) is 5.17. The molecule has 130 valence electrons. The van der Waals surface area contributed by atoms with Crippen molar-refractivity contribution in [1.29, 1.82) is 5.26 Å². The molecule has 0 saturated heterocycles. The molecule has 25 heavy (non-hydrogen) atoms. The van der Waals surface area contributed by atoms with Crippen molar-refractivity contribution >= 4 is 6.09 Å². The molecule has 0 radical (unpaired) electrons. The molecule has 2 rings (SSSR count). The first-order chi connectivity index (χ1) is 12.0. The van der Waals surface area contributed by atoms with Gasteiger partial charge in [0.25, 0.3) is 5.56 Å². The van der Waals surface area contributed by atoms with Crippen molar-refractivity contribution in [2.45, 2.75) is 18.8 Å². The molecule has 2 aromatic rings. The van der Waals surface area contributed by atoms with Gasteiger partial charge in [0.15, 0.2) is 0 Å². The highest BCUT2D eigenvalue weighted by Gasteiger charge is 2.20. The fraction of sp³-hybridized carbons (Fsp3) is 0.235. The molecule has 0 aliphatic heterocycles. The van der Waals surface area contributed by atoms with Crippen LogP contribution in [0.4, 0.5) is 4.79 Å². The second-order valence-electron chi connectivity index (χ2n) is 5.24. The summed E-state index contributed by atoms with van der Waals surface area (Å²) in [5.74, 6) is 0. The Morgan fingerprint density at radius 2 is 2.04 bits per heavy atom. The number of H-pyrrole nitrogens is 1. The number of pyridine rings is 1. The second-order valence-corrected chi connectivity index (χ2v) is 5.24. The molecule has 8 nitrogen and oxygen atoms in total. The number of aromatic amines is 1. The van der Waals surface area contributed by atoms with E-state index in [1.807, 2.05) is 18.2 Å². The van der Waals surface area contributed by atoms with Gasteiger partial charge in [-0.05, 0) is 11.6 Å². The quantitative estimate of drug-likeness (QED) is 0.605. The minimum Gasteiger partial charge on any atom is -0.445 e. The van der Waals surface area contributed by atoms with Gasteiger partial charge in [0.05, 0.1) is 0 Å². The molecular formula is C17H17N3O5. The van der Waals surface area contributed by atoms with E-state index in [1.54, 1.807) is 18.2 Å². The lowest BCUT2D eigenvalue weighted by Gasteiger charge is -2.18. The Hall–Kier alpha value is -3.15. The van der Waals surface area contributed by atoms with Crippen molar-refractivity contribution in [3.63, 3.8) is 0 Å². The molecule has 1 aromatic heterocycles. The predicted molar refractivity (Wildman–Crippen MR) is 87.4 cm³/mol. The summed E-state index contributed by atoms with van der Waals surface area (Å²) < 4.78 is 4.98. The van der Waals surface area contributed by atoms with Gasteiger partial charge >= 0.3 is 6.09 Å². The monoisotopic (exact) mass is 343 g/mol. The van der Waals surface area contributed by atoms with Crippen LogP contribution in [-0.4, -0.2) is 33.9 Å². The fourth-order valence-electron chi connectivity index (χ4n) is 2.05. The second kappa shape index (κ2) is 8.63. The van der Waals surface area contributed by atoms with Crippen LogP contribution in [0.15, 0.2) is 47.4 Å². The van der Waals surface area contributed by atoms with Gasteiger partial charge in [-0.3, -0.25) is 4.79 Å². The van der Waals surface area contributed by atoms with Gasteiger partial charge < -0.3 is 25.3 Å². The molecule has 0 aliphatic carbocycles. The number of carbonyl (C=O) groups is 1. The van der Waals surface area contributed by atoms with Crippen molar-refractivity contribution in [1.82, 2.24) is 10.3 Å². The Morgan fingerprint density at radius 1 is 1.32 bits per heavy atom. The Morgan fingerprint density at radius 3 is 2.72 bits per heavy atom. The molecular weight excluding hydrogens is 326 g/mol. The zero-order chi connectivity index (χ0) is 18.2. The van der Waals surface area contributed by atoms with Gasteiger partial charge in [-0.15, -0.1) is 0 Å². The lowest BCUT2D eigenvalue weighted by molar-refractivity contribution is 0.0182. The first kappa shape index (κ1) is 18.2. The van der Waals surface area contributed by atoms with Crippen LogP contribution >= 0.6 is 0 Å². The highest BCUT2D eigenvalue weighted by atomic mass is 16.5. The number of hydrogen-bond donors (Lipinski definition) is 4. The van der Waals surface area contributed by atoms with Gasteiger partial charge in [-0.1, -0.05) is 30.3 Å². The molecule has 1 heterocycles. The number of alkyl carbamates (subject to hydrolysis) is 1. The Labute approximate surface area is 143 Å². The zero-order valence-electron chi connectivity index (χ0n) is 13.2. The third-order valence-corrected chi connectivity index (χ3v) is 3.42. The van der Waals surface area contributed by atoms with Crippen LogP contribution in [0.2, 0.25) is 0 Å². The molecule has 1 amide bonds. The van der Waals surface area contributed by atoms with Gasteiger partial charge in [0.2, 0.25) is 0 Å². The predicted octanol–water partition coefficient (Wildman–Crippen LogP) is 0.567. The Bertz CT molecular complexity index is 813. The highest BCUT2D eigenvalue weighted by molar-refractivity contribution is 5.67. The van der Waals surface area contributed by atoms with Crippen LogP contribution in [0.25, 0.3) is 0 Å². The normalized spacial score (nSPS) is 12.7. The number of hydrogen-bond acceptors (Lipinski definition) is 6. The number of aliphatic hydroxyl groups is 2. The number of nitriles is 1. The Balaban J connectivity index is 1.84. The standard InChI is InChI=1S/C17H17N3O5/c18-7-12-6-13(8-19-16(12)23)15(22)14(21)9-20-17(24)25-10-11-4-2-1-3-5-11/h1-6,8,14-15,21-22H,9-10H2,(H,19,23)(H,20,24). The third-order valence-electron chi connectivity index (χ3n) is 3.42. The maximum Gasteiger partial charge on any atom is 0.407 e. The van der Waals surface area contributed by atoms with E-state index < -0.39 is 23.9 Å². The number of aliphatic hydroxyl groups excluding tert-OH is 2. The van der Waals surface area contributed by atoms with Crippen molar-refractivity contribution in [3.8, 4) is 6.07 Å². The van der Waals surface area contributed by atoms with Crippen LogP contribution < -0.4 is 10.9 Å². The number of benzene rings is 1. The summed E-state index contributed by atoms with van der Waals surface area (Å²) in [5, 5.41) is 31.1. The van der Waals surface area contributed by atoms with E-state index in [0.29, 0.717) is 0 Å². The van der Waals surface area contributed by atoms with Gasteiger partial charge in [0.1, 0.15) is 30.4 Å². The van der Waals surface area contributed by atoms with Crippen molar-refractivity contribution in [2.24, 2.45) is 0 Å². The lowest BCUT2D eigenvalue weighted by Crippen LogP contribution is -2.36. The summed E-state index contributed by atoms with van der Waals surface area (Å²) >= 11 is 0. The average Bonchev–Trinajstić information content (AvgIpc) is 2.65. The summed E-state index contributed by atoms with van der Waals surface area (Å²) in [6.45, 7) is -0.188. The first-order valence-electron chi connectivity index (χ1n) is 7.44. The highest BCUT2D eigenvalue weighted by Crippen LogP contribution is 2.15. The first-order valence-corrected chi connectivity index (χ1v) is 7.44. The molecule has 8 heteroatoms. The molecule has 2 atom stereocenters. The summed E-state index contributed by atoms with van der Waals surface area (Å²) in [7, 11) is 0. The number of carbonyl (C=O) groups excluding carboxylic acids is 1. The molecule has 4 N–H and O–H groups in total. The molecule has 0 spiro atoms.